The van der Waals surface area contributed by atoms with E-state index in [9.17, 15) is 18.8 Å². The van der Waals surface area contributed by atoms with Gasteiger partial charge >= 0.3 is 5.69 Å². The van der Waals surface area contributed by atoms with Crippen molar-refractivity contribution in [3.05, 3.63) is 55.4 Å². The van der Waals surface area contributed by atoms with Gasteiger partial charge in [-0.3, -0.25) is 14.6 Å². The molecule has 1 heterocycles. The van der Waals surface area contributed by atoms with Gasteiger partial charge < -0.3 is 5.32 Å². The first-order valence-electron chi connectivity index (χ1n) is 6.61. The van der Waals surface area contributed by atoms with Crippen LogP contribution in [0.3, 0.4) is 0 Å². The van der Waals surface area contributed by atoms with E-state index in [1.807, 2.05) is 10.1 Å². The second-order valence-corrected chi connectivity index (χ2v) is 5.00. The van der Waals surface area contributed by atoms with E-state index in [1.54, 1.807) is 0 Å². The number of hydrazone groups is 1. The standard InChI is InChI=1S/C13H12ClFN6O3/c1-6(17-10-12(23)18-13(24)21-19-10)11(22)20-16-5-7-8(14)3-2-4-9(7)15/h2-6H,1H3,(H,17,19)(H,20,22)(H2,18,21,23,24). The van der Waals surface area contributed by atoms with Crippen LogP contribution in [0.2, 0.25) is 5.02 Å². The van der Waals surface area contributed by atoms with Gasteiger partial charge in [0.25, 0.3) is 11.5 Å². The normalized spacial score (nSPS) is 12.1. The molecule has 9 nitrogen and oxygen atoms in total. The zero-order valence-electron chi connectivity index (χ0n) is 12.3. The van der Waals surface area contributed by atoms with E-state index >= 15 is 0 Å². The third-order valence-electron chi connectivity index (χ3n) is 2.83. The molecule has 0 saturated carbocycles. The van der Waals surface area contributed by atoms with Gasteiger partial charge in [-0.15, -0.1) is 5.10 Å². The van der Waals surface area contributed by atoms with Crippen molar-refractivity contribution in [1.82, 2.24) is 20.6 Å². The lowest BCUT2D eigenvalue weighted by atomic mass is 10.2. The number of halogens is 2. The minimum absolute atomic E-state index is 0.0267. The summed E-state index contributed by atoms with van der Waals surface area (Å²) >= 11 is 5.81. The third-order valence-corrected chi connectivity index (χ3v) is 3.16. The molecule has 1 aromatic heterocycles. The largest absolute Gasteiger partial charge is 0.353 e. The number of carbonyl (C=O) groups excluding carboxylic acids is 1. The van der Waals surface area contributed by atoms with Crippen LogP contribution >= 0.6 is 11.6 Å². The molecular weight excluding hydrogens is 343 g/mol. The Kier molecular flexibility index (Phi) is 5.42. The first-order valence-corrected chi connectivity index (χ1v) is 6.98. The fourth-order valence-electron chi connectivity index (χ4n) is 1.61. The summed E-state index contributed by atoms with van der Waals surface area (Å²) in [6.07, 6.45) is 1.06. The Balaban J connectivity index is 2.00. The van der Waals surface area contributed by atoms with Crippen LogP contribution in [0.1, 0.15) is 12.5 Å². The third kappa shape index (κ3) is 4.26. The van der Waals surface area contributed by atoms with Gasteiger partial charge in [-0.25, -0.2) is 19.7 Å². The second kappa shape index (κ2) is 7.51. The Bertz CT molecular complexity index is 874. The Hall–Kier alpha value is -3.01. The fourth-order valence-corrected chi connectivity index (χ4v) is 1.82. The molecule has 1 aromatic carbocycles. The molecule has 0 saturated heterocycles. The lowest BCUT2D eigenvalue weighted by molar-refractivity contribution is -0.121. The van der Waals surface area contributed by atoms with Crippen LogP contribution in [0.25, 0.3) is 0 Å². The number of benzene rings is 1. The number of aromatic nitrogens is 3. The highest BCUT2D eigenvalue weighted by molar-refractivity contribution is 6.33. The van der Waals surface area contributed by atoms with Gasteiger partial charge in [-0.2, -0.15) is 5.10 Å². The summed E-state index contributed by atoms with van der Waals surface area (Å²) in [7, 11) is 0. The summed E-state index contributed by atoms with van der Waals surface area (Å²) in [5.74, 6) is -1.44. The number of nitrogens with zero attached hydrogens (tertiary/aromatic N) is 2. The highest BCUT2D eigenvalue weighted by Gasteiger charge is 2.14. The van der Waals surface area contributed by atoms with Gasteiger partial charge in [-0.05, 0) is 19.1 Å². The number of H-pyrrole nitrogens is 2. The zero-order chi connectivity index (χ0) is 17.7. The molecule has 0 aliphatic carbocycles. The van der Waals surface area contributed by atoms with E-state index in [0.717, 1.165) is 6.21 Å². The first-order chi connectivity index (χ1) is 11.4. The molecule has 0 bridgehead atoms. The Morgan fingerprint density at radius 3 is 2.88 bits per heavy atom. The minimum Gasteiger partial charge on any atom is -0.353 e. The predicted octanol–water partition coefficient (Wildman–Crippen LogP) is 0.201. The average Bonchev–Trinajstić information content (AvgIpc) is 2.52. The van der Waals surface area contributed by atoms with Gasteiger partial charge in [0.2, 0.25) is 5.82 Å². The maximum Gasteiger partial charge on any atom is 0.342 e. The van der Waals surface area contributed by atoms with Gasteiger partial charge in [0.15, 0.2) is 0 Å². The van der Waals surface area contributed by atoms with Gasteiger partial charge in [0, 0.05) is 5.56 Å². The molecule has 24 heavy (non-hydrogen) atoms. The molecule has 2 rings (SSSR count). The highest BCUT2D eigenvalue weighted by Crippen LogP contribution is 2.16. The van der Waals surface area contributed by atoms with Crippen LogP contribution in [0, 0.1) is 5.82 Å². The van der Waals surface area contributed by atoms with E-state index in [1.165, 1.54) is 25.1 Å². The SMILES string of the molecule is CC(Nc1n[nH]c(=O)[nH]c1=O)C(=O)NN=Cc1c(F)cccc1Cl. The quantitative estimate of drug-likeness (QED) is 0.450. The number of hydrogen-bond acceptors (Lipinski definition) is 6. The number of anilines is 1. The van der Waals surface area contributed by atoms with Crippen molar-refractivity contribution in [2.75, 3.05) is 5.32 Å². The number of hydrogen-bond donors (Lipinski definition) is 4. The number of amides is 1. The molecule has 1 amide bonds. The van der Waals surface area contributed by atoms with Crippen molar-refractivity contribution in [3.63, 3.8) is 0 Å². The smallest absolute Gasteiger partial charge is 0.342 e. The molecule has 0 aliphatic rings. The molecule has 0 spiro atoms. The van der Waals surface area contributed by atoms with Crippen LogP contribution < -0.4 is 22.0 Å². The summed E-state index contributed by atoms with van der Waals surface area (Å²) < 4.78 is 13.5. The number of nitrogens with one attached hydrogen (secondary N) is 4. The summed E-state index contributed by atoms with van der Waals surface area (Å²) in [6, 6.07) is 3.21. The van der Waals surface area contributed by atoms with Crippen LogP contribution in [-0.4, -0.2) is 33.3 Å². The maximum atomic E-state index is 13.5. The van der Waals surface area contributed by atoms with Gasteiger partial charge in [-0.1, -0.05) is 17.7 Å². The van der Waals surface area contributed by atoms with Crippen LogP contribution in [0.15, 0.2) is 32.9 Å². The lowest BCUT2D eigenvalue weighted by Gasteiger charge is -2.11. The predicted molar refractivity (Wildman–Crippen MR) is 85.7 cm³/mol. The number of carbonyl (C=O) groups is 1. The van der Waals surface area contributed by atoms with Crippen molar-refractivity contribution in [3.8, 4) is 0 Å². The molecule has 0 aliphatic heterocycles. The average molecular weight is 355 g/mol. The topological polar surface area (TPSA) is 132 Å². The fraction of sp³-hybridized carbons (Fsp3) is 0.154. The Morgan fingerprint density at radius 1 is 1.46 bits per heavy atom. The van der Waals surface area contributed by atoms with Gasteiger partial charge in [0.05, 0.1) is 11.2 Å². The monoisotopic (exact) mass is 354 g/mol. The Labute approximate surface area is 138 Å². The van der Waals surface area contributed by atoms with Crippen molar-refractivity contribution >= 4 is 29.5 Å². The Morgan fingerprint density at radius 2 is 2.21 bits per heavy atom. The molecule has 11 heteroatoms. The lowest BCUT2D eigenvalue weighted by Crippen LogP contribution is -2.38. The summed E-state index contributed by atoms with van der Waals surface area (Å²) in [5.41, 5.74) is 0.647. The van der Waals surface area contributed by atoms with Gasteiger partial charge in [0.1, 0.15) is 11.9 Å². The minimum atomic E-state index is -0.905. The molecule has 126 valence electrons. The number of rotatable bonds is 5. The van der Waals surface area contributed by atoms with Crippen LogP contribution in [-0.2, 0) is 4.79 Å². The van der Waals surface area contributed by atoms with E-state index in [-0.39, 0.29) is 16.4 Å². The highest BCUT2D eigenvalue weighted by atomic mass is 35.5. The van der Waals surface area contributed by atoms with Crippen LogP contribution in [0.5, 0.6) is 0 Å². The number of aromatic amines is 2. The molecule has 1 unspecified atom stereocenters. The zero-order valence-corrected chi connectivity index (χ0v) is 13.0. The van der Waals surface area contributed by atoms with E-state index in [4.69, 9.17) is 11.6 Å². The molecule has 1 atom stereocenters. The molecule has 0 fully saturated rings. The van der Waals surface area contributed by atoms with Crippen molar-refractivity contribution in [1.29, 1.82) is 0 Å². The molecule has 2 aromatic rings. The van der Waals surface area contributed by atoms with Crippen molar-refractivity contribution in [2.24, 2.45) is 5.10 Å². The summed E-state index contributed by atoms with van der Waals surface area (Å²) in [4.78, 5) is 36.1. The van der Waals surface area contributed by atoms with Crippen molar-refractivity contribution < 1.29 is 9.18 Å². The summed E-state index contributed by atoms with van der Waals surface area (Å²) in [6.45, 7) is 1.44. The first kappa shape index (κ1) is 17.3. The van der Waals surface area contributed by atoms with Crippen LogP contribution in [0.4, 0.5) is 10.2 Å². The molecule has 4 N–H and O–H groups in total. The summed E-state index contributed by atoms with van der Waals surface area (Å²) in [5, 5.41) is 11.7. The van der Waals surface area contributed by atoms with E-state index < -0.39 is 29.0 Å². The van der Waals surface area contributed by atoms with Crippen molar-refractivity contribution in [2.45, 2.75) is 13.0 Å². The van der Waals surface area contributed by atoms with E-state index in [0.29, 0.717) is 0 Å². The van der Waals surface area contributed by atoms with E-state index in [2.05, 4.69) is 20.9 Å². The second-order valence-electron chi connectivity index (χ2n) is 4.59. The molecule has 0 radical (unpaired) electrons. The molecular formula is C13H12ClFN6O3. The maximum absolute atomic E-state index is 13.5.